The first-order chi connectivity index (χ1) is 7.72. The lowest BCUT2D eigenvalue weighted by Gasteiger charge is -2.07. The van der Waals surface area contributed by atoms with Gasteiger partial charge in [0.25, 0.3) is 0 Å². The normalized spacial score (nSPS) is 11.2. The van der Waals surface area contributed by atoms with Gasteiger partial charge in [-0.05, 0) is 24.6 Å². The monoisotopic (exact) mass is 224 g/mol. The van der Waals surface area contributed by atoms with Gasteiger partial charge >= 0.3 is 0 Å². The highest BCUT2D eigenvalue weighted by atomic mass is 16.3. The van der Waals surface area contributed by atoms with E-state index in [-0.39, 0.29) is 0 Å². The first-order valence-corrected chi connectivity index (χ1v) is 6.21. The van der Waals surface area contributed by atoms with Gasteiger partial charge in [-0.15, -0.1) is 0 Å². The second-order valence-electron chi connectivity index (χ2n) is 4.50. The van der Waals surface area contributed by atoms with Crippen LogP contribution < -0.4 is 10.6 Å². The molecule has 0 aliphatic heterocycles. The molecule has 0 bridgehead atoms. The summed E-state index contributed by atoms with van der Waals surface area (Å²) in [6.07, 6.45) is 0.968. The molecule has 16 heavy (non-hydrogen) atoms. The number of hydrogen-bond donors (Lipinski definition) is 2. The molecule has 1 aromatic heterocycles. The van der Waals surface area contributed by atoms with Crippen LogP contribution in [0.15, 0.2) is 16.5 Å². The Hall–Kier alpha value is -0.800. The Morgan fingerprint density at radius 1 is 1.12 bits per heavy atom. The average Bonchev–Trinajstić information content (AvgIpc) is 2.70. The number of nitrogens with one attached hydrogen (secondary N) is 2. The molecule has 2 N–H and O–H groups in total. The SMILES string of the molecule is CCc1ccc(CNCCNCC(C)C)o1. The van der Waals surface area contributed by atoms with Crippen LogP contribution in [0.2, 0.25) is 0 Å². The third kappa shape index (κ3) is 5.33. The topological polar surface area (TPSA) is 37.2 Å². The molecule has 0 radical (unpaired) electrons. The largest absolute Gasteiger partial charge is 0.465 e. The molecular weight excluding hydrogens is 200 g/mol. The minimum atomic E-state index is 0.720. The van der Waals surface area contributed by atoms with Crippen molar-refractivity contribution in [3.05, 3.63) is 23.7 Å². The number of hydrogen-bond acceptors (Lipinski definition) is 3. The van der Waals surface area contributed by atoms with Crippen molar-refractivity contribution < 1.29 is 4.42 Å². The van der Waals surface area contributed by atoms with Crippen molar-refractivity contribution in [2.75, 3.05) is 19.6 Å². The van der Waals surface area contributed by atoms with E-state index in [2.05, 4.69) is 31.4 Å². The van der Waals surface area contributed by atoms with Crippen LogP contribution in [0.4, 0.5) is 0 Å². The molecule has 1 heterocycles. The van der Waals surface area contributed by atoms with Gasteiger partial charge in [0.2, 0.25) is 0 Å². The summed E-state index contributed by atoms with van der Waals surface area (Å²) < 4.78 is 5.59. The molecule has 0 spiro atoms. The van der Waals surface area contributed by atoms with Crippen molar-refractivity contribution >= 4 is 0 Å². The van der Waals surface area contributed by atoms with E-state index in [0.29, 0.717) is 0 Å². The van der Waals surface area contributed by atoms with Crippen LogP contribution in [0.5, 0.6) is 0 Å². The maximum atomic E-state index is 5.59. The average molecular weight is 224 g/mol. The fourth-order valence-electron chi connectivity index (χ4n) is 1.49. The Balaban J connectivity index is 2.02. The molecule has 0 saturated heterocycles. The van der Waals surface area contributed by atoms with Crippen molar-refractivity contribution in [3.63, 3.8) is 0 Å². The molecule has 0 saturated carbocycles. The van der Waals surface area contributed by atoms with Crippen LogP contribution in [0.25, 0.3) is 0 Å². The molecule has 0 atom stereocenters. The van der Waals surface area contributed by atoms with Gasteiger partial charge < -0.3 is 15.1 Å². The van der Waals surface area contributed by atoms with Crippen LogP contribution in [0.1, 0.15) is 32.3 Å². The van der Waals surface area contributed by atoms with E-state index in [1.165, 1.54) is 0 Å². The zero-order valence-electron chi connectivity index (χ0n) is 10.7. The van der Waals surface area contributed by atoms with Crippen molar-refractivity contribution in [1.82, 2.24) is 10.6 Å². The summed E-state index contributed by atoms with van der Waals surface area (Å²) in [6.45, 7) is 10.4. The second-order valence-corrected chi connectivity index (χ2v) is 4.50. The fraction of sp³-hybridized carbons (Fsp3) is 0.692. The Kier molecular flexibility index (Phi) is 6.19. The molecule has 1 aromatic rings. The van der Waals surface area contributed by atoms with Gasteiger partial charge in [-0.1, -0.05) is 20.8 Å². The molecule has 0 aliphatic carbocycles. The lowest BCUT2D eigenvalue weighted by atomic mass is 10.2. The maximum Gasteiger partial charge on any atom is 0.117 e. The standard InChI is InChI=1S/C13H24N2O/c1-4-12-5-6-13(16-12)10-15-8-7-14-9-11(2)3/h5-6,11,14-15H,4,7-10H2,1-3H3. The van der Waals surface area contributed by atoms with Gasteiger partial charge in [-0.25, -0.2) is 0 Å². The zero-order valence-corrected chi connectivity index (χ0v) is 10.7. The number of rotatable bonds is 8. The van der Waals surface area contributed by atoms with Gasteiger partial charge in [0.15, 0.2) is 0 Å². The summed E-state index contributed by atoms with van der Waals surface area (Å²) in [7, 11) is 0. The van der Waals surface area contributed by atoms with Crippen LogP contribution in [-0.4, -0.2) is 19.6 Å². The molecule has 0 aliphatic rings. The molecule has 1 rings (SSSR count). The summed E-state index contributed by atoms with van der Waals surface area (Å²) in [5.74, 6) is 2.81. The summed E-state index contributed by atoms with van der Waals surface area (Å²) in [6, 6.07) is 4.10. The fourth-order valence-corrected chi connectivity index (χ4v) is 1.49. The quantitative estimate of drug-likeness (QED) is 0.665. The van der Waals surface area contributed by atoms with E-state index >= 15 is 0 Å². The minimum Gasteiger partial charge on any atom is -0.465 e. The van der Waals surface area contributed by atoms with Gasteiger partial charge in [0.05, 0.1) is 6.54 Å². The molecule has 0 aromatic carbocycles. The zero-order chi connectivity index (χ0) is 11.8. The van der Waals surface area contributed by atoms with Gasteiger partial charge in [-0.3, -0.25) is 0 Å². The number of furan rings is 1. The predicted molar refractivity (Wildman–Crippen MR) is 67.5 cm³/mol. The maximum absolute atomic E-state index is 5.59. The predicted octanol–water partition coefficient (Wildman–Crippen LogP) is 2.18. The van der Waals surface area contributed by atoms with Crippen LogP contribution in [0, 0.1) is 5.92 Å². The molecule has 3 heteroatoms. The smallest absolute Gasteiger partial charge is 0.117 e. The van der Waals surface area contributed by atoms with Crippen molar-refractivity contribution in [2.45, 2.75) is 33.7 Å². The van der Waals surface area contributed by atoms with Gasteiger partial charge in [0, 0.05) is 19.5 Å². The summed E-state index contributed by atoms with van der Waals surface area (Å²) in [5.41, 5.74) is 0. The van der Waals surface area contributed by atoms with Crippen LogP contribution in [0.3, 0.4) is 0 Å². The van der Waals surface area contributed by atoms with E-state index in [1.54, 1.807) is 0 Å². The highest BCUT2D eigenvalue weighted by molar-refractivity contribution is 5.06. The molecular formula is C13H24N2O. The summed E-state index contributed by atoms with van der Waals surface area (Å²) >= 11 is 0. The van der Waals surface area contributed by atoms with Gasteiger partial charge in [-0.2, -0.15) is 0 Å². The Bertz CT molecular complexity index is 281. The highest BCUT2D eigenvalue weighted by Crippen LogP contribution is 2.07. The van der Waals surface area contributed by atoms with Crippen LogP contribution >= 0.6 is 0 Å². The summed E-state index contributed by atoms with van der Waals surface area (Å²) in [5, 5.41) is 6.75. The first-order valence-electron chi connectivity index (χ1n) is 6.21. The summed E-state index contributed by atoms with van der Waals surface area (Å²) in [4.78, 5) is 0. The minimum absolute atomic E-state index is 0.720. The third-order valence-electron chi connectivity index (χ3n) is 2.40. The Morgan fingerprint density at radius 2 is 1.81 bits per heavy atom. The van der Waals surface area contributed by atoms with Crippen molar-refractivity contribution in [1.29, 1.82) is 0 Å². The Labute approximate surface area is 98.6 Å². The van der Waals surface area contributed by atoms with Crippen molar-refractivity contribution in [3.8, 4) is 0 Å². The molecule has 0 fully saturated rings. The second kappa shape index (κ2) is 7.47. The molecule has 92 valence electrons. The highest BCUT2D eigenvalue weighted by Gasteiger charge is 1.99. The molecule has 0 amide bonds. The lowest BCUT2D eigenvalue weighted by Crippen LogP contribution is -2.29. The lowest BCUT2D eigenvalue weighted by molar-refractivity contribution is 0.447. The van der Waals surface area contributed by atoms with E-state index < -0.39 is 0 Å². The molecule has 3 nitrogen and oxygen atoms in total. The number of aryl methyl sites for hydroxylation is 1. The van der Waals surface area contributed by atoms with Crippen molar-refractivity contribution in [2.24, 2.45) is 5.92 Å². The third-order valence-corrected chi connectivity index (χ3v) is 2.40. The van der Waals surface area contributed by atoms with Crippen LogP contribution in [-0.2, 0) is 13.0 Å². The van der Waals surface area contributed by atoms with E-state index in [4.69, 9.17) is 4.42 Å². The first kappa shape index (κ1) is 13.3. The van der Waals surface area contributed by atoms with E-state index in [0.717, 1.165) is 50.0 Å². The van der Waals surface area contributed by atoms with Gasteiger partial charge in [0.1, 0.15) is 11.5 Å². The van der Waals surface area contributed by atoms with E-state index in [1.807, 2.05) is 12.1 Å². The molecule has 0 unspecified atom stereocenters. The van der Waals surface area contributed by atoms with E-state index in [9.17, 15) is 0 Å². The Morgan fingerprint density at radius 3 is 2.44 bits per heavy atom.